The number of hydrogen-bond acceptors (Lipinski definition) is 4. The topological polar surface area (TPSA) is 32.8 Å². The van der Waals surface area contributed by atoms with Gasteiger partial charge in [0.1, 0.15) is 22.3 Å². The zero-order chi connectivity index (χ0) is 47.6. The summed E-state index contributed by atoms with van der Waals surface area (Å²) in [7, 11) is 0. The van der Waals surface area contributed by atoms with Crippen LogP contribution in [0.2, 0.25) is 0 Å². The minimum Gasteiger partial charge on any atom is -0.456 e. The summed E-state index contributed by atoms with van der Waals surface area (Å²) in [6.07, 6.45) is 2.30. The molecule has 0 bridgehead atoms. The Morgan fingerprint density at radius 1 is 0.500 bits per heavy atom. The van der Waals surface area contributed by atoms with Gasteiger partial charge in [-0.2, -0.15) is 0 Å². The average molecular weight is 907 g/mol. The molecular weight excluding hydrogens is 852 g/mol. The van der Waals surface area contributed by atoms with E-state index in [9.17, 15) is 0 Å². The molecule has 0 unspecified atom stereocenters. The fourth-order valence-electron chi connectivity index (χ4n) is 12.7. The summed E-state index contributed by atoms with van der Waals surface area (Å²) in [6, 6.07) is 61.3. The summed E-state index contributed by atoms with van der Waals surface area (Å²) >= 11 is 0. The second kappa shape index (κ2) is 14.3. The maximum atomic E-state index is 7.19. The van der Waals surface area contributed by atoms with Crippen LogP contribution in [-0.4, -0.2) is 6.85 Å². The van der Waals surface area contributed by atoms with Crippen molar-refractivity contribution >= 4 is 101 Å². The molecule has 2 aliphatic heterocycles. The molecule has 9 aromatic carbocycles. The molecule has 3 aliphatic rings. The molecule has 0 amide bonds. The first-order chi connectivity index (χ1) is 33.7. The average Bonchev–Trinajstić information content (AvgIpc) is 3.92. The molecule has 0 fully saturated rings. The first-order valence-corrected chi connectivity index (χ1v) is 25.1. The minimum absolute atomic E-state index is 0.00790. The largest absolute Gasteiger partial charge is 0.456 e. The van der Waals surface area contributed by atoms with Crippen LogP contribution in [0, 0.1) is 6.92 Å². The summed E-state index contributed by atoms with van der Waals surface area (Å²) in [4.78, 5) is 5.19. The predicted octanol–water partition coefficient (Wildman–Crippen LogP) is 17.0. The first kappa shape index (κ1) is 41.5. The third-order valence-electron chi connectivity index (χ3n) is 16.6. The molecular formula is C65H55BN2O2. The Bertz CT molecular complexity index is 4020. The van der Waals surface area contributed by atoms with Crippen LogP contribution >= 0.6 is 0 Å². The molecule has 0 saturated carbocycles. The normalized spacial score (nSPS) is 15.7. The molecule has 70 heavy (non-hydrogen) atoms. The molecule has 340 valence electrons. The van der Waals surface area contributed by atoms with E-state index in [1.54, 1.807) is 0 Å². The highest BCUT2D eigenvalue weighted by molar-refractivity contribution is 6.94. The van der Waals surface area contributed by atoms with Gasteiger partial charge in [-0.1, -0.05) is 158 Å². The highest BCUT2D eigenvalue weighted by Crippen LogP contribution is 2.54. The van der Waals surface area contributed by atoms with Crippen molar-refractivity contribution in [1.82, 2.24) is 0 Å². The second-order valence-corrected chi connectivity index (χ2v) is 22.8. The van der Waals surface area contributed by atoms with E-state index in [0.717, 1.165) is 85.3 Å². The molecule has 14 rings (SSSR count). The van der Waals surface area contributed by atoms with Crippen molar-refractivity contribution in [3.05, 3.63) is 186 Å². The Balaban J connectivity index is 1.14. The zero-order valence-corrected chi connectivity index (χ0v) is 41.3. The van der Waals surface area contributed by atoms with Crippen molar-refractivity contribution < 1.29 is 8.83 Å². The van der Waals surface area contributed by atoms with E-state index >= 15 is 0 Å². The van der Waals surface area contributed by atoms with Gasteiger partial charge in [-0.05, 0) is 140 Å². The molecule has 0 N–H and O–H groups in total. The lowest BCUT2D eigenvalue weighted by molar-refractivity contribution is 0.332. The Hall–Kier alpha value is -7.50. The van der Waals surface area contributed by atoms with E-state index in [2.05, 4.69) is 229 Å². The Kier molecular flexibility index (Phi) is 8.47. The van der Waals surface area contributed by atoms with E-state index in [1.165, 1.54) is 66.0 Å². The lowest BCUT2D eigenvalue weighted by Gasteiger charge is -2.46. The summed E-state index contributed by atoms with van der Waals surface area (Å²) in [5, 5.41) is 6.95. The van der Waals surface area contributed by atoms with Crippen molar-refractivity contribution in [3.8, 4) is 22.3 Å². The van der Waals surface area contributed by atoms with Crippen molar-refractivity contribution in [2.75, 3.05) is 9.71 Å². The van der Waals surface area contributed by atoms with E-state index in [4.69, 9.17) is 8.83 Å². The maximum absolute atomic E-state index is 7.19. The number of para-hydroxylation sites is 1. The third kappa shape index (κ3) is 5.84. The SMILES string of the molecule is Cc1cc(C(C)(C)C)ccc1N1c2cc3oc4cc5c(cc4c3cc2B2c3c1cc1c(oc4ccccc41)c3-c1c(ccc3ccccc13)N2c1ccc(-c2ccccc2)cc1)C(C)(C)CCC5(C)C. The van der Waals surface area contributed by atoms with E-state index in [0.29, 0.717) is 0 Å². The van der Waals surface area contributed by atoms with Crippen LogP contribution < -0.4 is 20.6 Å². The van der Waals surface area contributed by atoms with Gasteiger partial charge in [0.2, 0.25) is 0 Å². The molecule has 11 aromatic rings. The molecule has 1 aliphatic carbocycles. The lowest BCUT2D eigenvalue weighted by Crippen LogP contribution is -2.61. The van der Waals surface area contributed by atoms with Crippen LogP contribution in [0.3, 0.4) is 0 Å². The van der Waals surface area contributed by atoms with Gasteiger partial charge < -0.3 is 18.5 Å². The van der Waals surface area contributed by atoms with Gasteiger partial charge in [0.05, 0.1) is 0 Å². The molecule has 0 spiro atoms. The number of hydrogen-bond donors (Lipinski definition) is 0. The van der Waals surface area contributed by atoms with Gasteiger partial charge in [-0.15, -0.1) is 0 Å². The van der Waals surface area contributed by atoms with Crippen LogP contribution in [0.1, 0.15) is 83.6 Å². The first-order valence-electron chi connectivity index (χ1n) is 25.1. The standard InChI is InChI=1S/C65H55BN2O2/c1-38-32-42(63(2,3)4)25-29-52(38)67-54-37-58-47(46-33-49-50(36-57(46)69-58)65(7,8)31-30-64(49,5)6)34-51(54)66-61-55(67)35-48-45-20-14-15-21-56(45)70-62(48)60(61)59-44-19-13-12-18-41(44)24-28-53(59)68(66)43-26-22-40(23-27-43)39-16-10-9-11-17-39/h9-29,32-37H,30-31H2,1-8H3. The van der Waals surface area contributed by atoms with Crippen LogP contribution in [0.5, 0.6) is 0 Å². The quantitative estimate of drug-likeness (QED) is 0.165. The Morgan fingerprint density at radius 2 is 1.16 bits per heavy atom. The molecule has 0 radical (unpaired) electrons. The van der Waals surface area contributed by atoms with Crippen molar-refractivity contribution in [2.45, 2.75) is 84.5 Å². The summed E-state index contributed by atoms with van der Waals surface area (Å²) in [5.74, 6) is 0. The molecule has 4 heterocycles. The van der Waals surface area contributed by atoms with Crippen LogP contribution in [0.4, 0.5) is 28.4 Å². The van der Waals surface area contributed by atoms with Gasteiger partial charge in [-0.25, -0.2) is 0 Å². The number of nitrogens with zero attached hydrogens (tertiary/aromatic N) is 2. The number of benzene rings is 9. The molecule has 0 saturated heterocycles. The van der Waals surface area contributed by atoms with E-state index in [-0.39, 0.29) is 23.1 Å². The fourth-order valence-corrected chi connectivity index (χ4v) is 12.7. The zero-order valence-electron chi connectivity index (χ0n) is 41.3. The van der Waals surface area contributed by atoms with Gasteiger partial charge in [0.25, 0.3) is 0 Å². The van der Waals surface area contributed by atoms with E-state index in [1.807, 2.05) is 0 Å². The smallest absolute Gasteiger partial charge is 0.333 e. The second-order valence-electron chi connectivity index (χ2n) is 22.8. The van der Waals surface area contributed by atoms with Crippen LogP contribution in [0.15, 0.2) is 173 Å². The number of aryl methyl sites for hydroxylation is 1. The van der Waals surface area contributed by atoms with Crippen LogP contribution in [-0.2, 0) is 16.2 Å². The Morgan fingerprint density at radius 3 is 1.91 bits per heavy atom. The van der Waals surface area contributed by atoms with Crippen LogP contribution in [0.25, 0.3) is 76.9 Å². The summed E-state index contributed by atoms with van der Waals surface area (Å²) < 4.78 is 14.3. The highest BCUT2D eigenvalue weighted by atomic mass is 16.3. The van der Waals surface area contributed by atoms with Crippen molar-refractivity contribution in [1.29, 1.82) is 0 Å². The van der Waals surface area contributed by atoms with Gasteiger partial charge in [-0.3, -0.25) is 0 Å². The fraction of sp³-hybridized carbons (Fsp3) is 0.200. The number of rotatable bonds is 3. The number of furan rings is 2. The summed E-state index contributed by atoms with van der Waals surface area (Å²) in [6.45, 7) is 18.6. The monoisotopic (exact) mass is 906 g/mol. The summed E-state index contributed by atoms with van der Waals surface area (Å²) in [5.41, 5.74) is 22.1. The molecule has 5 heteroatoms. The van der Waals surface area contributed by atoms with E-state index < -0.39 is 0 Å². The van der Waals surface area contributed by atoms with Crippen molar-refractivity contribution in [3.63, 3.8) is 0 Å². The van der Waals surface area contributed by atoms with Crippen molar-refractivity contribution in [2.24, 2.45) is 0 Å². The molecule has 2 aromatic heterocycles. The number of fused-ring (bicyclic) bond motifs is 14. The predicted molar refractivity (Wildman–Crippen MR) is 296 cm³/mol. The molecule has 4 nitrogen and oxygen atoms in total. The van der Waals surface area contributed by atoms with Gasteiger partial charge >= 0.3 is 6.85 Å². The third-order valence-corrected chi connectivity index (χ3v) is 16.6. The van der Waals surface area contributed by atoms with Gasteiger partial charge in [0.15, 0.2) is 0 Å². The van der Waals surface area contributed by atoms with Gasteiger partial charge in [0, 0.05) is 67.2 Å². The highest BCUT2D eigenvalue weighted by Gasteiger charge is 2.48. The minimum atomic E-state index is -0.235. The lowest BCUT2D eigenvalue weighted by atomic mass is 9.43. The molecule has 0 atom stereocenters. The number of anilines is 5. The Labute approximate surface area is 410 Å². The maximum Gasteiger partial charge on any atom is 0.333 e.